The largest absolute Gasteiger partial charge is 0.416 e. The van der Waals surface area contributed by atoms with E-state index in [9.17, 15) is 18.0 Å². The molecule has 2 aliphatic rings. The van der Waals surface area contributed by atoms with Crippen molar-refractivity contribution in [3.63, 3.8) is 0 Å². The van der Waals surface area contributed by atoms with E-state index in [1.807, 2.05) is 0 Å². The van der Waals surface area contributed by atoms with Gasteiger partial charge in [-0.05, 0) is 30.5 Å². The number of carbonyl (C=O) groups is 1. The van der Waals surface area contributed by atoms with E-state index in [0.717, 1.165) is 25.0 Å². The Kier molecular flexibility index (Phi) is 4.23. The highest BCUT2D eigenvalue weighted by Gasteiger charge is 2.35. The lowest BCUT2D eigenvalue weighted by Gasteiger charge is -2.39. The number of Topliss-reactive ketones (excluding diaryl/α,β-unsaturated/α-hetero) is 1. The second-order valence-corrected chi connectivity index (χ2v) is 6.10. The van der Waals surface area contributed by atoms with Crippen LogP contribution in [-0.2, 0) is 22.1 Å². The number of alkyl halides is 3. The molecule has 2 saturated heterocycles. The van der Waals surface area contributed by atoms with Gasteiger partial charge in [-0.1, -0.05) is 12.1 Å². The molecule has 2 unspecified atom stereocenters. The number of fused-ring (bicyclic) bond motifs is 2. The molecular weight excluding hydrogens is 295 g/mol. The molecule has 0 spiro atoms. The summed E-state index contributed by atoms with van der Waals surface area (Å²) in [5.41, 5.74) is -0.0461. The van der Waals surface area contributed by atoms with Crippen molar-refractivity contribution in [1.29, 1.82) is 0 Å². The SMILES string of the molecule is O=C(Cc1ccc(C(F)(F)F)cc1)C1CC2COCC(C1)N2. The van der Waals surface area contributed by atoms with Crippen LogP contribution in [0.15, 0.2) is 24.3 Å². The zero-order valence-corrected chi connectivity index (χ0v) is 12.0. The lowest BCUT2D eigenvalue weighted by molar-refractivity contribution is -0.137. The van der Waals surface area contributed by atoms with Gasteiger partial charge in [-0.3, -0.25) is 4.79 Å². The number of hydrogen-bond donors (Lipinski definition) is 1. The van der Waals surface area contributed by atoms with Crippen LogP contribution in [0.5, 0.6) is 0 Å². The van der Waals surface area contributed by atoms with E-state index in [4.69, 9.17) is 4.74 Å². The lowest BCUT2D eigenvalue weighted by atomic mass is 9.82. The second-order valence-electron chi connectivity index (χ2n) is 6.10. The molecule has 2 bridgehead atoms. The standard InChI is InChI=1S/C16H18F3NO2/c17-16(18,19)12-3-1-10(2-4-12)5-15(21)11-6-13-8-22-9-14(7-11)20-13/h1-4,11,13-14,20H,5-9H2. The second kappa shape index (κ2) is 6.01. The van der Waals surface area contributed by atoms with E-state index in [-0.39, 0.29) is 30.2 Å². The number of benzene rings is 1. The highest BCUT2D eigenvalue weighted by atomic mass is 19.4. The molecule has 120 valence electrons. The predicted molar refractivity (Wildman–Crippen MR) is 74.4 cm³/mol. The summed E-state index contributed by atoms with van der Waals surface area (Å²) in [4.78, 5) is 12.4. The molecule has 1 N–H and O–H groups in total. The third-order valence-electron chi connectivity index (χ3n) is 4.36. The fourth-order valence-corrected chi connectivity index (χ4v) is 3.26. The highest BCUT2D eigenvalue weighted by molar-refractivity contribution is 5.83. The predicted octanol–water partition coefficient (Wildman–Crippen LogP) is 2.58. The Morgan fingerprint density at radius 3 is 2.27 bits per heavy atom. The molecule has 3 rings (SSSR count). The Balaban J connectivity index is 1.62. The summed E-state index contributed by atoms with van der Waals surface area (Å²) in [5, 5.41) is 3.42. The monoisotopic (exact) mass is 313 g/mol. The summed E-state index contributed by atoms with van der Waals surface area (Å²) in [6, 6.07) is 5.29. The van der Waals surface area contributed by atoms with E-state index in [0.29, 0.717) is 18.8 Å². The highest BCUT2D eigenvalue weighted by Crippen LogP contribution is 2.30. The van der Waals surface area contributed by atoms with Crippen molar-refractivity contribution >= 4 is 5.78 Å². The maximum Gasteiger partial charge on any atom is 0.416 e. The van der Waals surface area contributed by atoms with Gasteiger partial charge in [-0.15, -0.1) is 0 Å². The third kappa shape index (κ3) is 3.50. The van der Waals surface area contributed by atoms with Gasteiger partial charge in [0.05, 0.1) is 18.8 Å². The molecule has 0 aliphatic carbocycles. The third-order valence-corrected chi connectivity index (χ3v) is 4.36. The molecule has 0 radical (unpaired) electrons. The summed E-state index contributed by atoms with van der Waals surface area (Å²) >= 11 is 0. The minimum Gasteiger partial charge on any atom is -0.378 e. The van der Waals surface area contributed by atoms with Crippen LogP contribution in [0.1, 0.15) is 24.0 Å². The van der Waals surface area contributed by atoms with Gasteiger partial charge < -0.3 is 10.1 Å². The van der Waals surface area contributed by atoms with E-state index in [2.05, 4.69) is 5.32 Å². The number of ketones is 1. The Labute approximate surface area is 126 Å². The lowest BCUT2D eigenvalue weighted by Crippen LogP contribution is -2.55. The van der Waals surface area contributed by atoms with Gasteiger partial charge in [-0.25, -0.2) is 0 Å². The molecule has 3 nitrogen and oxygen atoms in total. The molecule has 0 aromatic heterocycles. The maximum absolute atomic E-state index is 12.5. The summed E-state index contributed by atoms with van der Waals surface area (Å²) in [6.45, 7) is 1.25. The van der Waals surface area contributed by atoms with Gasteiger partial charge in [0, 0.05) is 24.4 Å². The van der Waals surface area contributed by atoms with Crippen molar-refractivity contribution in [1.82, 2.24) is 5.32 Å². The summed E-state index contributed by atoms with van der Waals surface area (Å²) < 4.78 is 43.0. The Morgan fingerprint density at radius 2 is 1.73 bits per heavy atom. The molecule has 2 aliphatic heterocycles. The minimum atomic E-state index is -4.34. The van der Waals surface area contributed by atoms with Crippen LogP contribution in [-0.4, -0.2) is 31.1 Å². The van der Waals surface area contributed by atoms with Gasteiger partial charge in [0.1, 0.15) is 5.78 Å². The number of ether oxygens (including phenoxy) is 1. The van der Waals surface area contributed by atoms with Gasteiger partial charge in [-0.2, -0.15) is 13.2 Å². The van der Waals surface area contributed by atoms with E-state index >= 15 is 0 Å². The fraction of sp³-hybridized carbons (Fsp3) is 0.562. The zero-order chi connectivity index (χ0) is 15.7. The summed E-state index contributed by atoms with van der Waals surface area (Å²) in [6.07, 6.45) is -2.65. The molecule has 1 aromatic carbocycles. The van der Waals surface area contributed by atoms with Crippen LogP contribution in [0.3, 0.4) is 0 Å². The van der Waals surface area contributed by atoms with Crippen molar-refractivity contribution in [2.75, 3.05) is 13.2 Å². The first kappa shape index (κ1) is 15.5. The van der Waals surface area contributed by atoms with Crippen LogP contribution in [0.4, 0.5) is 13.2 Å². The number of morpholine rings is 1. The van der Waals surface area contributed by atoms with Crippen molar-refractivity contribution in [2.24, 2.45) is 5.92 Å². The van der Waals surface area contributed by atoms with Crippen LogP contribution >= 0.6 is 0 Å². The number of halogens is 3. The molecular formula is C16H18F3NO2. The van der Waals surface area contributed by atoms with Crippen LogP contribution in [0.25, 0.3) is 0 Å². The average molecular weight is 313 g/mol. The average Bonchev–Trinajstić information content (AvgIpc) is 2.46. The number of piperidine rings is 1. The first-order valence-corrected chi connectivity index (χ1v) is 7.44. The molecule has 6 heteroatoms. The van der Waals surface area contributed by atoms with Gasteiger partial charge >= 0.3 is 6.18 Å². The van der Waals surface area contributed by atoms with Gasteiger partial charge in [0.2, 0.25) is 0 Å². The van der Waals surface area contributed by atoms with Crippen molar-refractivity contribution in [2.45, 2.75) is 37.5 Å². The van der Waals surface area contributed by atoms with Crippen LogP contribution in [0.2, 0.25) is 0 Å². The summed E-state index contributed by atoms with van der Waals surface area (Å²) in [5.74, 6) is 0.0839. The Hall–Kier alpha value is -1.40. The number of rotatable bonds is 3. The number of hydrogen-bond acceptors (Lipinski definition) is 3. The zero-order valence-electron chi connectivity index (χ0n) is 12.0. The number of carbonyl (C=O) groups excluding carboxylic acids is 1. The molecule has 2 fully saturated rings. The van der Waals surface area contributed by atoms with Crippen LogP contribution in [0, 0.1) is 5.92 Å². The molecule has 2 heterocycles. The number of nitrogens with one attached hydrogen (secondary N) is 1. The van der Waals surface area contributed by atoms with E-state index < -0.39 is 11.7 Å². The fourth-order valence-electron chi connectivity index (χ4n) is 3.26. The maximum atomic E-state index is 12.5. The molecule has 1 aromatic rings. The van der Waals surface area contributed by atoms with E-state index in [1.165, 1.54) is 12.1 Å². The minimum absolute atomic E-state index is 0.0255. The molecule has 0 amide bonds. The van der Waals surface area contributed by atoms with Crippen LogP contribution < -0.4 is 5.32 Å². The Bertz CT molecular complexity index is 529. The van der Waals surface area contributed by atoms with E-state index in [1.54, 1.807) is 0 Å². The first-order chi connectivity index (χ1) is 10.4. The van der Waals surface area contributed by atoms with Crippen molar-refractivity contribution in [3.05, 3.63) is 35.4 Å². The van der Waals surface area contributed by atoms with Crippen molar-refractivity contribution in [3.8, 4) is 0 Å². The molecule has 0 saturated carbocycles. The molecule has 2 atom stereocenters. The van der Waals surface area contributed by atoms with Gasteiger partial charge in [0.15, 0.2) is 0 Å². The quantitative estimate of drug-likeness (QED) is 0.932. The van der Waals surface area contributed by atoms with Gasteiger partial charge in [0.25, 0.3) is 0 Å². The Morgan fingerprint density at radius 1 is 1.14 bits per heavy atom. The summed E-state index contributed by atoms with van der Waals surface area (Å²) in [7, 11) is 0. The molecule has 22 heavy (non-hydrogen) atoms. The smallest absolute Gasteiger partial charge is 0.378 e. The van der Waals surface area contributed by atoms with Crippen molar-refractivity contribution < 1.29 is 22.7 Å². The normalized spacial score (nSPS) is 28.4. The first-order valence-electron chi connectivity index (χ1n) is 7.44. The topological polar surface area (TPSA) is 38.3 Å².